The van der Waals surface area contributed by atoms with Gasteiger partial charge in [-0.05, 0) is 48.0 Å². The highest BCUT2D eigenvalue weighted by Gasteiger charge is 2.28. The average molecular weight is 480 g/mol. The zero-order valence-electron chi connectivity index (χ0n) is 17.3. The highest BCUT2D eigenvalue weighted by atomic mass is 35.5. The molecule has 6 nitrogen and oxygen atoms in total. The number of thiocarbonyl (C=S) groups is 1. The second-order valence-corrected chi connectivity index (χ2v) is 8.58. The molecule has 0 aliphatic carbocycles. The fourth-order valence-corrected chi connectivity index (χ4v) is 4.21. The van der Waals surface area contributed by atoms with E-state index < -0.39 is 0 Å². The Morgan fingerprint density at radius 1 is 1.06 bits per heavy atom. The second-order valence-electron chi connectivity index (χ2n) is 6.50. The van der Waals surface area contributed by atoms with Gasteiger partial charge in [0.1, 0.15) is 15.8 Å². The van der Waals surface area contributed by atoms with Crippen molar-refractivity contribution in [2.45, 2.75) is 6.42 Å². The number of benzene rings is 2. The first-order valence-electron chi connectivity index (χ1n) is 9.41. The van der Waals surface area contributed by atoms with Crippen LogP contribution in [0.4, 0.5) is 0 Å². The lowest BCUT2D eigenvalue weighted by Crippen LogP contribution is -2.22. The van der Waals surface area contributed by atoms with E-state index in [1.807, 2.05) is 24.3 Å². The maximum absolute atomic E-state index is 12.2. The van der Waals surface area contributed by atoms with E-state index in [2.05, 4.69) is 0 Å². The number of carbonyl (C=O) groups is 1. The maximum Gasteiger partial charge on any atom is 0.265 e. The SMILES string of the molecule is COc1ccc(OCCCOc2c(Cl)cc(C=C3SC(=S)N(C)C3=O)cc2OC)cc1. The van der Waals surface area contributed by atoms with E-state index in [0.29, 0.717) is 45.4 Å². The summed E-state index contributed by atoms with van der Waals surface area (Å²) in [6.07, 6.45) is 2.40. The summed E-state index contributed by atoms with van der Waals surface area (Å²) in [5.41, 5.74) is 0.728. The summed E-state index contributed by atoms with van der Waals surface area (Å²) in [4.78, 5) is 14.2. The van der Waals surface area contributed by atoms with Gasteiger partial charge in [-0.2, -0.15) is 0 Å². The normalized spacial score (nSPS) is 14.8. The molecule has 0 N–H and O–H groups in total. The minimum atomic E-state index is -0.137. The number of carbonyl (C=O) groups excluding carboxylic acids is 1. The van der Waals surface area contributed by atoms with Gasteiger partial charge in [-0.15, -0.1) is 0 Å². The van der Waals surface area contributed by atoms with E-state index in [0.717, 1.165) is 17.1 Å². The zero-order chi connectivity index (χ0) is 22.4. The first-order chi connectivity index (χ1) is 14.9. The van der Waals surface area contributed by atoms with Crippen molar-refractivity contribution in [2.75, 3.05) is 34.5 Å². The molecule has 164 valence electrons. The van der Waals surface area contributed by atoms with Crippen molar-refractivity contribution in [3.8, 4) is 23.0 Å². The number of nitrogens with zero attached hydrogens (tertiary/aromatic N) is 1. The Kier molecular flexibility index (Phi) is 8.06. The number of thioether (sulfide) groups is 1. The summed E-state index contributed by atoms with van der Waals surface area (Å²) >= 11 is 12.8. The number of rotatable bonds is 9. The fourth-order valence-electron chi connectivity index (χ4n) is 2.76. The smallest absolute Gasteiger partial charge is 0.265 e. The minimum Gasteiger partial charge on any atom is -0.497 e. The van der Waals surface area contributed by atoms with Crippen LogP contribution in [-0.2, 0) is 4.79 Å². The predicted molar refractivity (Wildman–Crippen MR) is 128 cm³/mol. The van der Waals surface area contributed by atoms with Gasteiger partial charge in [-0.1, -0.05) is 35.6 Å². The summed E-state index contributed by atoms with van der Waals surface area (Å²) in [5.74, 6) is 2.35. The predicted octanol–water partition coefficient (Wildman–Crippen LogP) is 5.04. The van der Waals surface area contributed by atoms with Crippen LogP contribution in [0, 0.1) is 0 Å². The molecule has 2 aromatic carbocycles. The van der Waals surface area contributed by atoms with E-state index in [1.165, 1.54) is 16.7 Å². The lowest BCUT2D eigenvalue weighted by atomic mass is 10.2. The Morgan fingerprint density at radius 3 is 2.35 bits per heavy atom. The molecule has 1 amide bonds. The zero-order valence-corrected chi connectivity index (χ0v) is 19.7. The number of hydrogen-bond donors (Lipinski definition) is 0. The van der Waals surface area contributed by atoms with Crippen LogP contribution in [0.3, 0.4) is 0 Å². The standard InChI is InChI=1S/C22H22ClNO5S2/c1-24-21(25)19(31-22(24)30)13-14-11-17(23)20(18(12-14)27-3)29-10-4-9-28-16-7-5-15(26-2)6-8-16/h5-8,11-13H,4,9-10H2,1-3H3. The van der Waals surface area contributed by atoms with Gasteiger partial charge in [0.25, 0.3) is 5.91 Å². The Hall–Kier alpha value is -2.42. The Bertz CT molecular complexity index is 994. The van der Waals surface area contributed by atoms with E-state index in [9.17, 15) is 4.79 Å². The number of halogens is 1. The number of amides is 1. The molecule has 0 unspecified atom stereocenters. The first-order valence-corrected chi connectivity index (χ1v) is 11.0. The monoisotopic (exact) mass is 479 g/mol. The first kappa shape index (κ1) is 23.2. The molecule has 1 fully saturated rings. The van der Waals surface area contributed by atoms with E-state index in [1.54, 1.807) is 39.5 Å². The summed E-state index contributed by atoms with van der Waals surface area (Å²) in [7, 11) is 4.82. The minimum absolute atomic E-state index is 0.137. The molecular formula is C22H22ClNO5S2. The highest BCUT2D eigenvalue weighted by Crippen LogP contribution is 2.38. The van der Waals surface area contributed by atoms with Crippen molar-refractivity contribution < 1.29 is 23.7 Å². The summed E-state index contributed by atoms with van der Waals surface area (Å²) in [6.45, 7) is 0.892. The molecule has 0 bridgehead atoms. The van der Waals surface area contributed by atoms with Crippen LogP contribution in [0.2, 0.25) is 5.02 Å². The fraction of sp³-hybridized carbons (Fsp3) is 0.273. The molecule has 0 saturated carbocycles. The molecule has 31 heavy (non-hydrogen) atoms. The molecule has 3 rings (SSSR count). The molecule has 0 radical (unpaired) electrons. The van der Waals surface area contributed by atoms with E-state index in [4.69, 9.17) is 42.8 Å². The van der Waals surface area contributed by atoms with Gasteiger partial charge in [0.15, 0.2) is 11.5 Å². The molecule has 1 heterocycles. The van der Waals surface area contributed by atoms with Crippen molar-refractivity contribution in [1.82, 2.24) is 4.90 Å². The Morgan fingerprint density at radius 2 is 1.74 bits per heavy atom. The molecule has 0 aromatic heterocycles. The molecule has 2 aromatic rings. The van der Waals surface area contributed by atoms with Crippen LogP contribution in [-0.4, -0.2) is 49.6 Å². The summed E-state index contributed by atoms with van der Waals surface area (Å²) < 4.78 is 22.6. The van der Waals surface area contributed by atoms with Gasteiger partial charge in [0.2, 0.25) is 0 Å². The lowest BCUT2D eigenvalue weighted by molar-refractivity contribution is -0.121. The van der Waals surface area contributed by atoms with Gasteiger partial charge < -0.3 is 18.9 Å². The third-order valence-electron chi connectivity index (χ3n) is 4.40. The quantitative estimate of drug-likeness (QED) is 0.284. The van der Waals surface area contributed by atoms with Crippen LogP contribution >= 0.6 is 35.6 Å². The van der Waals surface area contributed by atoms with Crippen molar-refractivity contribution in [2.24, 2.45) is 0 Å². The van der Waals surface area contributed by atoms with Crippen molar-refractivity contribution in [3.63, 3.8) is 0 Å². The van der Waals surface area contributed by atoms with Gasteiger partial charge >= 0.3 is 0 Å². The Balaban J connectivity index is 1.58. The number of hydrogen-bond acceptors (Lipinski definition) is 7. The molecular weight excluding hydrogens is 458 g/mol. The molecule has 1 aliphatic rings. The third-order valence-corrected chi connectivity index (χ3v) is 6.16. The van der Waals surface area contributed by atoms with Gasteiger partial charge in [-0.25, -0.2) is 0 Å². The van der Waals surface area contributed by atoms with Gasteiger partial charge in [0, 0.05) is 13.5 Å². The average Bonchev–Trinajstić information content (AvgIpc) is 3.01. The molecule has 9 heteroatoms. The van der Waals surface area contributed by atoms with Crippen LogP contribution in [0.1, 0.15) is 12.0 Å². The second kappa shape index (κ2) is 10.7. The lowest BCUT2D eigenvalue weighted by Gasteiger charge is -2.14. The molecule has 1 aliphatic heterocycles. The van der Waals surface area contributed by atoms with Gasteiger partial charge in [-0.3, -0.25) is 9.69 Å². The van der Waals surface area contributed by atoms with Crippen molar-refractivity contribution in [1.29, 1.82) is 0 Å². The van der Waals surface area contributed by atoms with Crippen molar-refractivity contribution >= 4 is 51.9 Å². The van der Waals surface area contributed by atoms with Crippen LogP contribution < -0.4 is 18.9 Å². The molecule has 1 saturated heterocycles. The largest absolute Gasteiger partial charge is 0.497 e. The highest BCUT2D eigenvalue weighted by molar-refractivity contribution is 8.26. The number of ether oxygens (including phenoxy) is 4. The van der Waals surface area contributed by atoms with Crippen LogP contribution in [0.25, 0.3) is 6.08 Å². The topological polar surface area (TPSA) is 57.2 Å². The van der Waals surface area contributed by atoms with Gasteiger partial charge in [0.05, 0.1) is 37.4 Å². The molecule has 0 atom stereocenters. The van der Waals surface area contributed by atoms with Crippen LogP contribution in [0.5, 0.6) is 23.0 Å². The van der Waals surface area contributed by atoms with Crippen molar-refractivity contribution in [3.05, 3.63) is 51.9 Å². The third kappa shape index (κ3) is 5.84. The number of methoxy groups -OCH3 is 2. The van der Waals surface area contributed by atoms with Crippen LogP contribution in [0.15, 0.2) is 41.3 Å². The van der Waals surface area contributed by atoms with E-state index in [-0.39, 0.29) is 5.91 Å². The molecule has 0 spiro atoms. The maximum atomic E-state index is 12.2. The van der Waals surface area contributed by atoms with E-state index >= 15 is 0 Å². The Labute approximate surface area is 196 Å². The summed E-state index contributed by atoms with van der Waals surface area (Å²) in [5, 5.41) is 0.397. The number of likely N-dealkylation sites (N-methyl/N-ethyl adjacent to an activating group) is 1. The summed E-state index contributed by atoms with van der Waals surface area (Å²) in [6, 6.07) is 10.9.